The van der Waals surface area contributed by atoms with Crippen LogP contribution in [0.5, 0.6) is 5.75 Å². The summed E-state index contributed by atoms with van der Waals surface area (Å²) in [7, 11) is -4.38. The van der Waals surface area contributed by atoms with Gasteiger partial charge in [-0.15, -0.1) is 0 Å². The van der Waals surface area contributed by atoms with E-state index >= 15 is 0 Å². The number of benzene rings is 4. The van der Waals surface area contributed by atoms with Crippen molar-refractivity contribution in [2.75, 3.05) is 23.7 Å². The van der Waals surface area contributed by atoms with Crippen LogP contribution >= 0.6 is 11.3 Å². The van der Waals surface area contributed by atoms with Crippen molar-refractivity contribution in [3.63, 3.8) is 0 Å². The number of anilines is 1. The summed E-state index contributed by atoms with van der Waals surface area (Å²) < 4.78 is 44.5. The Labute approximate surface area is 317 Å². The molecule has 5 aromatic rings. The van der Waals surface area contributed by atoms with Crippen LogP contribution in [0.3, 0.4) is 0 Å². The highest BCUT2D eigenvalue weighted by Gasteiger charge is 2.34. The molecule has 0 radical (unpaired) electrons. The van der Waals surface area contributed by atoms with Gasteiger partial charge in [-0.25, -0.2) is 8.42 Å². The lowest BCUT2D eigenvalue weighted by atomic mass is 10.0. The number of carbonyl (C=O) groups is 1. The van der Waals surface area contributed by atoms with E-state index in [1.54, 1.807) is 11.3 Å². The fourth-order valence-corrected chi connectivity index (χ4v) is 8.30. The Balaban J connectivity index is 1.45. The maximum atomic E-state index is 13.9. The van der Waals surface area contributed by atoms with Crippen molar-refractivity contribution >= 4 is 49.3 Å². The standard InChI is InChI=1S/C43H47N3O5S2/c1-4-7-19-36(43(47)44-24-5-2)46-38-30-35(33-17-12-9-13-18-33)21-23-40(38)52-42(46)28-31(6-3)27-41-45(25-14-26-53(48,49)50)37-29-34(20-22-39(37)51-41)32-15-10-8-11-16-32/h8-13,15-18,20-23,27-30,36H,4-7,14,19,24-26H2,1-3H3,(H-,44,47,48,49,50). The predicted molar refractivity (Wildman–Crippen MR) is 215 cm³/mol. The van der Waals surface area contributed by atoms with Gasteiger partial charge >= 0.3 is 0 Å². The van der Waals surface area contributed by atoms with Gasteiger partial charge in [0.05, 0.1) is 15.8 Å². The summed E-state index contributed by atoms with van der Waals surface area (Å²) in [6.07, 6.45) is 8.41. The molecule has 6 rings (SSSR count). The third kappa shape index (κ3) is 9.25. The molecule has 276 valence electrons. The number of nitrogens with zero attached hydrogens (tertiary/aromatic N) is 2. The van der Waals surface area contributed by atoms with Crippen LogP contribution in [0.25, 0.3) is 38.5 Å². The first kappa shape index (κ1) is 38.0. The first-order chi connectivity index (χ1) is 25.7. The molecule has 1 aromatic heterocycles. The van der Waals surface area contributed by atoms with Crippen molar-refractivity contribution in [1.82, 2.24) is 5.32 Å². The number of unbranched alkanes of at least 4 members (excludes halogenated alkanes) is 1. The summed E-state index contributed by atoms with van der Waals surface area (Å²) in [4.78, 5) is 15.9. The second-order valence-corrected chi connectivity index (χ2v) is 15.9. The van der Waals surface area contributed by atoms with Crippen LogP contribution < -0.4 is 19.5 Å². The number of carbonyl (C=O) groups excluding carboxylic acids is 1. The monoisotopic (exact) mass is 749 g/mol. The Morgan fingerprint density at radius 1 is 0.887 bits per heavy atom. The van der Waals surface area contributed by atoms with E-state index in [4.69, 9.17) is 4.74 Å². The molecule has 8 nitrogen and oxygen atoms in total. The zero-order valence-electron chi connectivity index (χ0n) is 30.6. The molecule has 1 N–H and O–H groups in total. The number of rotatable bonds is 16. The van der Waals surface area contributed by atoms with E-state index in [0.717, 1.165) is 68.0 Å². The number of nitrogens with one attached hydrogen (secondary N) is 1. The predicted octanol–water partition coefficient (Wildman–Crippen LogP) is 9.25. The van der Waals surface area contributed by atoms with Gasteiger partial charge in [0.1, 0.15) is 4.70 Å². The summed E-state index contributed by atoms with van der Waals surface area (Å²) in [5.74, 6) is 0.773. The molecule has 1 amide bonds. The van der Waals surface area contributed by atoms with Gasteiger partial charge in [0.15, 0.2) is 5.75 Å². The van der Waals surface area contributed by atoms with Gasteiger partial charge in [0.2, 0.25) is 17.4 Å². The molecule has 0 bridgehead atoms. The van der Waals surface area contributed by atoms with Crippen molar-refractivity contribution in [2.24, 2.45) is 0 Å². The number of amides is 1. The molecular formula is C43H47N3O5S2. The molecule has 1 unspecified atom stereocenters. The van der Waals surface area contributed by atoms with Crippen molar-refractivity contribution in [3.8, 4) is 28.0 Å². The molecule has 0 saturated carbocycles. The largest absolute Gasteiger partial charge is 0.748 e. The first-order valence-corrected chi connectivity index (χ1v) is 20.9. The number of allylic oxidation sites excluding steroid dienone is 2. The minimum atomic E-state index is -4.38. The summed E-state index contributed by atoms with van der Waals surface area (Å²) >= 11 is 1.66. The van der Waals surface area contributed by atoms with Crippen molar-refractivity contribution in [1.29, 1.82) is 0 Å². The molecule has 1 aliphatic heterocycles. The molecule has 0 saturated heterocycles. The van der Waals surface area contributed by atoms with Gasteiger partial charge in [-0.2, -0.15) is 4.57 Å². The molecule has 0 aliphatic carbocycles. The lowest BCUT2D eigenvalue weighted by molar-refractivity contribution is -0.682. The second-order valence-electron chi connectivity index (χ2n) is 13.3. The Hall–Kier alpha value is -4.77. The van der Waals surface area contributed by atoms with Gasteiger partial charge in [0, 0.05) is 43.5 Å². The average molecular weight is 750 g/mol. The Morgan fingerprint density at radius 3 is 2.21 bits per heavy atom. The molecule has 0 fully saturated rings. The summed E-state index contributed by atoms with van der Waals surface area (Å²) in [6.45, 7) is 7.19. The number of hydrogen-bond acceptors (Lipinski definition) is 7. The van der Waals surface area contributed by atoms with Gasteiger partial charge in [-0.3, -0.25) is 4.79 Å². The van der Waals surface area contributed by atoms with Crippen LogP contribution in [0.15, 0.2) is 115 Å². The van der Waals surface area contributed by atoms with Gasteiger partial charge < -0.3 is 19.5 Å². The molecule has 4 aromatic carbocycles. The number of fused-ring (bicyclic) bond motifs is 2. The average Bonchev–Trinajstić information content (AvgIpc) is 3.70. The molecule has 10 heteroatoms. The van der Waals surface area contributed by atoms with E-state index in [2.05, 4.69) is 67.1 Å². The Morgan fingerprint density at radius 2 is 1.57 bits per heavy atom. The zero-order valence-corrected chi connectivity index (χ0v) is 32.2. The maximum absolute atomic E-state index is 13.9. The van der Waals surface area contributed by atoms with E-state index < -0.39 is 21.9 Å². The smallest absolute Gasteiger partial charge is 0.289 e. The van der Waals surface area contributed by atoms with E-state index in [1.165, 1.54) is 0 Å². The zero-order chi connectivity index (χ0) is 37.4. The minimum Gasteiger partial charge on any atom is -0.748 e. The molecule has 0 spiro atoms. The molecule has 1 aliphatic rings. The Kier molecular flexibility index (Phi) is 12.4. The molecular weight excluding hydrogens is 703 g/mol. The van der Waals surface area contributed by atoms with E-state index in [9.17, 15) is 17.8 Å². The van der Waals surface area contributed by atoms with Crippen molar-refractivity contribution in [3.05, 3.63) is 120 Å². The van der Waals surface area contributed by atoms with Crippen LogP contribution in [0.1, 0.15) is 70.3 Å². The van der Waals surface area contributed by atoms with Gasteiger partial charge in [-0.1, -0.05) is 111 Å². The number of aromatic nitrogens is 1. The SMILES string of the molecule is CCCCC(C(=O)NCCC)[n+]1c(C=C(C=C2Oc3ccc(-c4ccccc4)cc3N2CCCS(=O)(=O)[O-])CC)sc2ccc(-c3ccccc3)cc21. The highest BCUT2D eigenvalue weighted by molar-refractivity contribution is 7.85. The quantitative estimate of drug-likeness (QED) is 0.0797. The minimum absolute atomic E-state index is 0.0180. The van der Waals surface area contributed by atoms with E-state index in [0.29, 0.717) is 31.0 Å². The number of hydrogen-bond donors (Lipinski definition) is 1. The topological polar surface area (TPSA) is 103 Å². The normalized spacial score (nSPS) is 14.4. The highest BCUT2D eigenvalue weighted by Crippen LogP contribution is 2.42. The van der Waals surface area contributed by atoms with Gasteiger partial charge in [-0.05, 0) is 71.7 Å². The van der Waals surface area contributed by atoms with Crippen LogP contribution in [-0.4, -0.2) is 37.7 Å². The van der Waals surface area contributed by atoms with Crippen LogP contribution in [0.4, 0.5) is 5.69 Å². The van der Waals surface area contributed by atoms with Crippen molar-refractivity contribution in [2.45, 2.75) is 65.3 Å². The fourth-order valence-electron chi connectivity index (χ4n) is 6.66. The summed E-state index contributed by atoms with van der Waals surface area (Å²) in [5, 5.41) is 4.13. The van der Waals surface area contributed by atoms with Crippen LogP contribution in [-0.2, 0) is 14.9 Å². The molecule has 1 atom stereocenters. The lowest BCUT2D eigenvalue weighted by Gasteiger charge is -2.20. The van der Waals surface area contributed by atoms with Crippen LogP contribution in [0, 0.1) is 0 Å². The lowest BCUT2D eigenvalue weighted by Crippen LogP contribution is -2.49. The van der Waals surface area contributed by atoms with Crippen molar-refractivity contribution < 1.29 is 27.1 Å². The summed E-state index contributed by atoms with van der Waals surface area (Å²) in [6, 6.07) is 32.4. The third-order valence-corrected chi connectivity index (χ3v) is 11.3. The second kappa shape index (κ2) is 17.4. The maximum Gasteiger partial charge on any atom is 0.289 e. The third-order valence-electron chi connectivity index (χ3n) is 9.41. The number of thiazole rings is 1. The van der Waals surface area contributed by atoms with E-state index in [-0.39, 0.29) is 18.9 Å². The first-order valence-electron chi connectivity index (χ1n) is 18.5. The van der Waals surface area contributed by atoms with Crippen LogP contribution in [0.2, 0.25) is 0 Å². The molecule has 53 heavy (non-hydrogen) atoms. The highest BCUT2D eigenvalue weighted by atomic mass is 32.2. The number of ether oxygens (including phenoxy) is 1. The van der Waals surface area contributed by atoms with Gasteiger partial charge in [0.25, 0.3) is 10.9 Å². The Bertz CT molecular complexity index is 2210. The fraction of sp³-hybridized carbons (Fsp3) is 0.302. The van der Waals surface area contributed by atoms with E-state index in [1.807, 2.05) is 77.7 Å². The summed E-state index contributed by atoms with van der Waals surface area (Å²) in [5.41, 5.74) is 7.05. The molecule has 2 heterocycles.